The number of nitrogens with zero attached hydrogens (tertiary/aromatic N) is 2. The second-order valence-electron chi connectivity index (χ2n) is 5.57. The molecule has 0 saturated heterocycles. The molecular weight excluding hydrogens is 336 g/mol. The van der Waals surface area contributed by atoms with Crippen molar-refractivity contribution >= 4 is 34.0 Å². The summed E-state index contributed by atoms with van der Waals surface area (Å²) in [6, 6.07) is 7.30. The topological polar surface area (TPSA) is 132 Å². The van der Waals surface area contributed by atoms with Crippen molar-refractivity contribution in [2.24, 2.45) is 0 Å². The molecule has 4 rings (SSSR count). The summed E-state index contributed by atoms with van der Waals surface area (Å²) in [5.41, 5.74) is 3.02. The number of hydrogen-bond donors (Lipinski definition) is 4. The molecule has 8 heteroatoms. The number of aliphatic carboxylic acids is 2. The summed E-state index contributed by atoms with van der Waals surface area (Å²) in [6.07, 6.45) is 6.78. The van der Waals surface area contributed by atoms with Gasteiger partial charge >= 0.3 is 11.9 Å². The summed E-state index contributed by atoms with van der Waals surface area (Å²) in [7, 11) is 0. The fourth-order valence-corrected chi connectivity index (χ4v) is 2.64. The summed E-state index contributed by atoms with van der Waals surface area (Å²) >= 11 is 0. The molecule has 0 atom stereocenters. The molecule has 0 aromatic carbocycles. The number of carboxylic acid groups (broad SMARTS) is 2. The van der Waals surface area contributed by atoms with Crippen LogP contribution in [0.2, 0.25) is 0 Å². The van der Waals surface area contributed by atoms with E-state index in [2.05, 4.69) is 19.9 Å². The first-order valence-corrected chi connectivity index (χ1v) is 7.80. The molecule has 0 aliphatic carbocycles. The van der Waals surface area contributed by atoms with Gasteiger partial charge in [0.25, 0.3) is 0 Å². The quantitative estimate of drug-likeness (QED) is 0.446. The molecule has 0 aliphatic rings. The minimum absolute atomic E-state index is 0.0334. The number of aromatic nitrogens is 4. The van der Waals surface area contributed by atoms with Gasteiger partial charge in [0.05, 0.1) is 12.8 Å². The molecule has 0 radical (unpaired) electrons. The van der Waals surface area contributed by atoms with Crippen LogP contribution in [0, 0.1) is 0 Å². The standard InChI is InChI=1S/2C9H8N2O2/c2*12-8(13)4-6-5-11-9-7(6)2-1-3-10-9/h2*1-3,5H,4H2,(H,10,11)(H,12,13). The molecule has 8 nitrogen and oxygen atoms in total. The number of aromatic amines is 2. The molecule has 4 N–H and O–H groups in total. The Labute approximate surface area is 147 Å². The van der Waals surface area contributed by atoms with E-state index in [4.69, 9.17) is 10.2 Å². The number of carbonyl (C=O) groups is 2. The van der Waals surface area contributed by atoms with Crippen LogP contribution in [0.3, 0.4) is 0 Å². The second kappa shape index (κ2) is 7.47. The first-order valence-electron chi connectivity index (χ1n) is 7.80. The molecule has 26 heavy (non-hydrogen) atoms. The molecule has 132 valence electrons. The van der Waals surface area contributed by atoms with Crippen molar-refractivity contribution in [1.29, 1.82) is 0 Å². The van der Waals surface area contributed by atoms with Gasteiger partial charge in [0.15, 0.2) is 0 Å². The van der Waals surface area contributed by atoms with E-state index in [9.17, 15) is 9.59 Å². The lowest BCUT2D eigenvalue weighted by molar-refractivity contribution is -0.137. The van der Waals surface area contributed by atoms with Crippen LogP contribution < -0.4 is 0 Å². The number of H-pyrrole nitrogens is 2. The Bertz CT molecular complexity index is 981. The minimum Gasteiger partial charge on any atom is -0.481 e. The van der Waals surface area contributed by atoms with Crippen LogP contribution in [0.15, 0.2) is 49.1 Å². The van der Waals surface area contributed by atoms with Gasteiger partial charge in [0, 0.05) is 35.6 Å². The average Bonchev–Trinajstić information content (AvgIpc) is 3.20. The van der Waals surface area contributed by atoms with Gasteiger partial charge in [-0.3, -0.25) is 9.59 Å². The van der Waals surface area contributed by atoms with Gasteiger partial charge < -0.3 is 20.2 Å². The highest BCUT2D eigenvalue weighted by atomic mass is 16.4. The number of carboxylic acids is 2. The zero-order valence-electron chi connectivity index (χ0n) is 13.6. The Balaban J connectivity index is 0.000000151. The third kappa shape index (κ3) is 3.86. The fourth-order valence-electron chi connectivity index (χ4n) is 2.64. The van der Waals surface area contributed by atoms with Gasteiger partial charge in [-0.15, -0.1) is 0 Å². The Kier molecular flexibility index (Phi) is 4.93. The molecule has 0 fully saturated rings. The van der Waals surface area contributed by atoms with Crippen molar-refractivity contribution < 1.29 is 19.8 Å². The maximum atomic E-state index is 10.5. The third-order valence-electron chi connectivity index (χ3n) is 3.76. The number of hydrogen-bond acceptors (Lipinski definition) is 4. The summed E-state index contributed by atoms with van der Waals surface area (Å²) in [4.78, 5) is 34.9. The fraction of sp³-hybridized carbons (Fsp3) is 0.111. The summed E-state index contributed by atoms with van der Waals surface area (Å²) < 4.78 is 0. The van der Waals surface area contributed by atoms with Gasteiger partial charge in [-0.05, 0) is 35.4 Å². The molecule has 0 unspecified atom stereocenters. The maximum absolute atomic E-state index is 10.5. The van der Waals surface area contributed by atoms with E-state index in [1.165, 1.54) is 0 Å². The lowest BCUT2D eigenvalue weighted by Crippen LogP contribution is -1.98. The normalized spacial score (nSPS) is 10.5. The van der Waals surface area contributed by atoms with Crippen LogP contribution in [0.4, 0.5) is 0 Å². The first-order chi connectivity index (χ1) is 12.5. The maximum Gasteiger partial charge on any atom is 0.307 e. The minimum atomic E-state index is -0.829. The molecule has 0 aliphatic heterocycles. The average molecular weight is 352 g/mol. The van der Waals surface area contributed by atoms with Crippen LogP contribution in [0.5, 0.6) is 0 Å². The third-order valence-corrected chi connectivity index (χ3v) is 3.76. The van der Waals surface area contributed by atoms with E-state index < -0.39 is 11.9 Å². The Hall–Kier alpha value is -3.68. The molecule has 0 bridgehead atoms. The Morgan fingerprint density at radius 2 is 1.23 bits per heavy atom. The van der Waals surface area contributed by atoms with E-state index in [-0.39, 0.29) is 12.8 Å². The van der Waals surface area contributed by atoms with E-state index >= 15 is 0 Å². The second-order valence-corrected chi connectivity index (χ2v) is 5.57. The smallest absolute Gasteiger partial charge is 0.307 e. The highest BCUT2D eigenvalue weighted by Crippen LogP contribution is 2.16. The van der Waals surface area contributed by atoms with Crippen molar-refractivity contribution in [3.8, 4) is 0 Å². The molecule has 4 aromatic rings. The first kappa shape index (κ1) is 17.2. The van der Waals surface area contributed by atoms with Crippen LogP contribution in [0.1, 0.15) is 11.1 Å². The molecule has 0 spiro atoms. The van der Waals surface area contributed by atoms with Crippen molar-refractivity contribution in [3.05, 3.63) is 60.2 Å². The molecule has 0 saturated carbocycles. The zero-order chi connectivity index (χ0) is 18.5. The SMILES string of the molecule is O=C(O)Cc1c[nH]c2ncccc12.O=C(O)Cc1c[nH]c2ncccc12. The van der Waals surface area contributed by atoms with Crippen LogP contribution in [0.25, 0.3) is 22.1 Å². The summed E-state index contributed by atoms with van der Waals surface area (Å²) in [5.74, 6) is -1.66. The van der Waals surface area contributed by atoms with Crippen molar-refractivity contribution in [2.75, 3.05) is 0 Å². The highest BCUT2D eigenvalue weighted by molar-refractivity contribution is 5.85. The van der Waals surface area contributed by atoms with Gasteiger partial charge in [0.1, 0.15) is 11.3 Å². The van der Waals surface area contributed by atoms with Crippen LogP contribution in [-0.4, -0.2) is 42.1 Å². The zero-order valence-corrected chi connectivity index (χ0v) is 13.6. The predicted molar refractivity (Wildman–Crippen MR) is 94.9 cm³/mol. The van der Waals surface area contributed by atoms with E-state index in [0.717, 1.165) is 33.2 Å². The number of nitrogens with one attached hydrogen (secondary N) is 2. The van der Waals surface area contributed by atoms with Crippen molar-refractivity contribution in [3.63, 3.8) is 0 Å². The Morgan fingerprint density at radius 3 is 1.62 bits per heavy atom. The van der Waals surface area contributed by atoms with E-state index in [1.807, 2.05) is 12.1 Å². The van der Waals surface area contributed by atoms with Crippen molar-refractivity contribution in [2.45, 2.75) is 12.8 Å². The monoisotopic (exact) mass is 352 g/mol. The molecular formula is C18H16N4O4. The molecule has 4 heterocycles. The van der Waals surface area contributed by atoms with Crippen molar-refractivity contribution in [1.82, 2.24) is 19.9 Å². The molecule has 4 aromatic heterocycles. The number of pyridine rings is 2. The lowest BCUT2D eigenvalue weighted by Gasteiger charge is -1.92. The van der Waals surface area contributed by atoms with Crippen LogP contribution in [-0.2, 0) is 22.4 Å². The highest BCUT2D eigenvalue weighted by Gasteiger charge is 2.07. The van der Waals surface area contributed by atoms with Gasteiger partial charge in [-0.25, -0.2) is 9.97 Å². The summed E-state index contributed by atoms with van der Waals surface area (Å²) in [5, 5.41) is 19.0. The number of rotatable bonds is 4. The lowest BCUT2D eigenvalue weighted by atomic mass is 10.2. The number of fused-ring (bicyclic) bond motifs is 2. The van der Waals surface area contributed by atoms with Gasteiger partial charge in [-0.1, -0.05) is 0 Å². The summed E-state index contributed by atoms with van der Waals surface area (Å²) in [6.45, 7) is 0. The largest absolute Gasteiger partial charge is 0.481 e. The Morgan fingerprint density at radius 1 is 0.808 bits per heavy atom. The predicted octanol–water partition coefficient (Wildman–Crippen LogP) is 2.38. The van der Waals surface area contributed by atoms with E-state index in [0.29, 0.717) is 0 Å². The van der Waals surface area contributed by atoms with Gasteiger partial charge in [0.2, 0.25) is 0 Å². The van der Waals surface area contributed by atoms with Gasteiger partial charge in [-0.2, -0.15) is 0 Å². The van der Waals surface area contributed by atoms with E-state index in [1.54, 1.807) is 36.9 Å². The molecule has 0 amide bonds. The van der Waals surface area contributed by atoms with Crippen LogP contribution >= 0.6 is 0 Å².